The van der Waals surface area contributed by atoms with Gasteiger partial charge in [-0.25, -0.2) is 0 Å². The van der Waals surface area contributed by atoms with Crippen LogP contribution in [0.2, 0.25) is 0 Å². The Kier molecular flexibility index (Phi) is 5.45. The van der Waals surface area contributed by atoms with Crippen LogP contribution in [0.25, 0.3) is 0 Å². The smallest absolute Gasteiger partial charge is 0.318 e. The molecule has 0 spiro atoms. The maximum Gasteiger partial charge on any atom is 0.318 e. The molecule has 0 saturated carbocycles. The number of aromatic nitrogens is 1. The fraction of sp³-hybridized carbons (Fsp3) is 0.333. The molecule has 0 aromatic carbocycles. The number of rotatable bonds is 7. The molecule has 0 aliphatic heterocycles. The number of esters is 1. The first-order valence-electron chi connectivity index (χ1n) is 6.14. The van der Waals surface area contributed by atoms with Crippen LogP contribution in [0, 0.1) is 0 Å². The Balaban J connectivity index is 3.25. The number of pyridine rings is 1. The average molecular weight is 260 g/mol. The SMILES string of the molecule is C=CCOC(=O)C(CC=C)(c1ccncc1)C(C)N. The van der Waals surface area contributed by atoms with Crippen molar-refractivity contribution in [2.45, 2.75) is 24.8 Å². The van der Waals surface area contributed by atoms with Gasteiger partial charge in [0.15, 0.2) is 0 Å². The molecular weight excluding hydrogens is 240 g/mol. The van der Waals surface area contributed by atoms with Gasteiger partial charge in [0, 0.05) is 18.4 Å². The normalized spacial score (nSPS) is 15.1. The van der Waals surface area contributed by atoms with Gasteiger partial charge in [0.25, 0.3) is 0 Å². The van der Waals surface area contributed by atoms with Crippen molar-refractivity contribution in [3.8, 4) is 0 Å². The van der Waals surface area contributed by atoms with E-state index in [-0.39, 0.29) is 12.6 Å². The Bertz CT molecular complexity index is 443. The zero-order valence-electron chi connectivity index (χ0n) is 11.2. The van der Waals surface area contributed by atoms with Gasteiger partial charge in [-0.15, -0.1) is 6.58 Å². The second kappa shape index (κ2) is 6.85. The summed E-state index contributed by atoms with van der Waals surface area (Å²) in [6.45, 7) is 9.21. The van der Waals surface area contributed by atoms with Crippen LogP contribution in [0.15, 0.2) is 49.8 Å². The molecule has 0 aliphatic rings. The fourth-order valence-corrected chi connectivity index (χ4v) is 2.09. The van der Waals surface area contributed by atoms with E-state index in [1.807, 2.05) is 0 Å². The van der Waals surface area contributed by atoms with E-state index in [0.29, 0.717) is 6.42 Å². The van der Waals surface area contributed by atoms with Gasteiger partial charge >= 0.3 is 5.97 Å². The van der Waals surface area contributed by atoms with Crippen molar-refractivity contribution in [1.82, 2.24) is 4.98 Å². The van der Waals surface area contributed by atoms with E-state index >= 15 is 0 Å². The Morgan fingerprint density at radius 1 is 1.47 bits per heavy atom. The Hall–Kier alpha value is -1.94. The van der Waals surface area contributed by atoms with Crippen LogP contribution in [0.5, 0.6) is 0 Å². The molecule has 2 atom stereocenters. The van der Waals surface area contributed by atoms with Gasteiger partial charge in [0.2, 0.25) is 0 Å². The molecule has 19 heavy (non-hydrogen) atoms. The first-order chi connectivity index (χ1) is 9.09. The van der Waals surface area contributed by atoms with Crippen molar-refractivity contribution in [2.24, 2.45) is 5.73 Å². The van der Waals surface area contributed by atoms with Crippen LogP contribution >= 0.6 is 0 Å². The molecule has 1 aromatic heterocycles. The first-order valence-corrected chi connectivity index (χ1v) is 6.14. The zero-order valence-corrected chi connectivity index (χ0v) is 11.2. The molecule has 1 aromatic rings. The molecule has 0 saturated heterocycles. The standard InChI is InChI=1S/C15H20N2O2/c1-4-8-15(12(3)16,14(18)19-11-5-2)13-6-9-17-10-7-13/h4-7,9-10,12H,1-2,8,11,16H2,3H3. The van der Waals surface area contributed by atoms with Gasteiger partial charge in [-0.3, -0.25) is 9.78 Å². The minimum atomic E-state index is -0.937. The topological polar surface area (TPSA) is 65.2 Å². The second-order valence-corrected chi connectivity index (χ2v) is 4.38. The molecule has 2 unspecified atom stereocenters. The number of carbonyl (C=O) groups is 1. The van der Waals surface area contributed by atoms with Crippen LogP contribution in [-0.2, 0) is 14.9 Å². The van der Waals surface area contributed by atoms with Gasteiger partial charge in [-0.05, 0) is 31.0 Å². The predicted molar refractivity (Wildman–Crippen MR) is 75.5 cm³/mol. The molecule has 102 valence electrons. The number of nitrogens with zero attached hydrogens (tertiary/aromatic N) is 1. The van der Waals surface area contributed by atoms with Gasteiger partial charge in [0.1, 0.15) is 12.0 Å². The third-order valence-electron chi connectivity index (χ3n) is 3.14. The summed E-state index contributed by atoms with van der Waals surface area (Å²) in [7, 11) is 0. The summed E-state index contributed by atoms with van der Waals surface area (Å²) >= 11 is 0. The van der Waals surface area contributed by atoms with Gasteiger partial charge in [-0.1, -0.05) is 18.7 Å². The minimum absolute atomic E-state index is 0.162. The predicted octanol–water partition coefficient (Wildman–Crippen LogP) is 1.97. The highest BCUT2D eigenvalue weighted by atomic mass is 16.5. The second-order valence-electron chi connectivity index (χ2n) is 4.38. The maximum absolute atomic E-state index is 12.4. The molecule has 0 bridgehead atoms. The number of hydrogen-bond acceptors (Lipinski definition) is 4. The molecule has 0 amide bonds. The number of ether oxygens (including phenoxy) is 1. The molecule has 4 nitrogen and oxygen atoms in total. The van der Waals surface area contributed by atoms with Crippen molar-refractivity contribution in [2.75, 3.05) is 6.61 Å². The van der Waals surface area contributed by atoms with E-state index in [0.717, 1.165) is 5.56 Å². The third-order valence-corrected chi connectivity index (χ3v) is 3.14. The van der Waals surface area contributed by atoms with E-state index in [1.54, 1.807) is 37.5 Å². The summed E-state index contributed by atoms with van der Waals surface area (Å²) in [4.78, 5) is 16.4. The molecule has 2 N–H and O–H groups in total. The lowest BCUT2D eigenvalue weighted by Gasteiger charge is -2.34. The van der Waals surface area contributed by atoms with Gasteiger partial charge < -0.3 is 10.5 Å². The number of nitrogens with two attached hydrogens (primary N) is 1. The lowest BCUT2D eigenvalue weighted by atomic mass is 9.72. The van der Waals surface area contributed by atoms with Crippen LogP contribution in [0.1, 0.15) is 18.9 Å². The van der Waals surface area contributed by atoms with Crippen LogP contribution in [-0.4, -0.2) is 23.6 Å². The fourth-order valence-electron chi connectivity index (χ4n) is 2.09. The monoisotopic (exact) mass is 260 g/mol. The average Bonchev–Trinajstić information content (AvgIpc) is 2.42. The van der Waals surface area contributed by atoms with E-state index in [1.165, 1.54) is 6.08 Å². The first kappa shape index (κ1) is 15.1. The zero-order chi connectivity index (χ0) is 14.3. The summed E-state index contributed by atoms with van der Waals surface area (Å²) in [6.07, 6.45) is 6.89. The Morgan fingerprint density at radius 3 is 2.58 bits per heavy atom. The highest BCUT2D eigenvalue weighted by Gasteiger charge is 2.44. The third kappa shape index (κ3) is 3.09. The molecule has 0 aliphatic carbocycles. The van der Waals surface area contributed by atoms with E-state index < -0.39 is 11.5 Å². The minimum Gasteiger partial charge on any atom is -0.461 e. The summed E-state index contributed by atoms with van der Waals surface area (Å²) in [5, 5.41) is 0. The van der Waals surface area contributed by atoms with Crippen molar-refractivity contribution in [3.05, 3.63) is 55.4 Å². The van der Waals surface area contributed by atoms with Crippen molar-refractivity contribution in [3.63, 3.8) is 0 Å². The molecule has 1 rings (SSSR count). The molecule has 1 heterocycles. The van der Waals surface area contributed by atoms with Crippen molar-refractivity contribution in [1.29, 1.82) is 0 Å². The van der Waals surface area contributed by atoms with Crippen LogP contribution in [0.3, 0.4) is 0 Å². The Labute approximate surface area is 114 Å². The molecule has 0 fully saturated rings. The number of carbonyl (C=O) groups excluding carboxylic acids is 1. The summed E-state index contributed by atoms with van der Waals surface area (Å²) in [5.74, 6) is -0.367. The van der Waals surface area contributed by atoms with Crippen molar-refractivity contribution < 1.29 is 9.53 Å². The highest BCUT2D eigenvalue weighted by molar-refractivity contribution is 5.84. The van der Waals surface area contributed by atoms with Crippen molar-refractivity contribution >= 4 is 5.97 Å². The molecule has 4 heteroatoms. The molecular formula is C15H20N2O2. The largest absolute Gasteiger partial charge is 0.461 e. The van der Waals surface area contributed by atoms with E-state index in [9.17, 15) is 4.79 Å². The van der Waals surface area contributed by atoms with Gasteiger partial charge in [0.05, 0.1) is 0 Å². The van der Waals surface area contributed by atoms with Crippen LogP contribution in [0.4, 0.5) is 0 Å². The van der Waals surface area contributed by atoms with E-state index in [2.05, 4.69) is 18.1 Å². The summed E-state index contributed by atoms with van der Waals surface area (Å²) in [5.41, 5.74) is 5.91. The van der Waals surface area contributed by atoms with Gasteiger partial charge in [-0.2, -0.15) is 0 Å². The summed E-state index contributed by atoms with van der Waals surface area (Å²) < 4.78 is 5.22. The number of allylic oxidation sites excluding steroid dienone is 1. The highest BCUT2D eigenvalue weighted by Crippen LogP contribution is 2.32. The quantitative estimate of drug-likeness (QED) is 0.601. The Morgan fingerprint density at radius 2 is 2.11 bits per heavy atom. The van der Waals surface area contributed by atoms with Crippen LogP contribution < -0.4 is 5.73 Å². The molecule has 0 radical (unpaired) electrons. The summed E-state index contributed by atoms with van der Waals surface area (Å²) in [6, 6.07) is 3.15. The maximum atomic E-state index is 12.4. The lowest BCUT2D eigenvalue weighted by molar-refractivity contribution is -0.150. The number of hydrogen-bond donors (Lipinski definition) is 1. The lowest BCUT2D eigenvalue weighted by Crippen LogP contribution is -2.50. The van der Waals surface area contributed by atoms with E-state index in [4.69, 9.17) is 10.5 Å².